The maximum absolute atomic E-state index is 13.8. The Morgan fingerprint density at radius 1 is 1.25 bits per heavy atom. The number of nitrogens with one attached hydrogen (secondary N) is 1. The zero-order valence-electron chi connectivity index (χ0n) is 20.8. The number of hydrogen-bond donors (Lipinski definition) is 1. The van der Waals surface area contributed by atoms with E-state index in [2.05, 4.69) is 25.2 Å². The van der Waals surface area contributed by atoms with Gasteiger partial charge in [0.2, 0.25) is 5.91 Å². The molecule has 0 unspecified atom stereocenters. The molecule has 0 aliphatic carbocycles. The molecule has 3 aromatic heterocycles. The third-order valence-electron chi connectivity index (χ3n) is 5.78. The highest BCUT2D eigenvalue weighted by molar-refractivity contribution is 5.80. The van der Waals surface area contributed by atoms with Crippen LogP contribution >= 0.6 is 0 Å². The van der Waals surface area contributed by atoms with Gasteiger partial charge in [-0.15, -0.1) is 0 Å². The van der Waals surface area contributed by atoms with Crippen LogP contribution in [0.1, 0.15) is 26.0 Å². The molecule has 4 rings (SSSR count). The van der Waals surface area contributed by atoms with Gasteiger partial charge in [0.15, 0.2) is 11.5 Å². The van der Waals surface area contributed by atoms with Gasteiger partial charge in [0.05, 0.1) is 37.1 Å². The number of amides is 1. The molecule has 4 heterocycles. The number of aryl methyl sites for hydroxylation is 1. The van der Waals surface area contributed by atoms with Crippen molar-refractivity contribution >= 4 is 16.9 Å². The maximum Gasteiger partial charge on any atom is 0.263 e. The van der Waals surface area contributed by atoms with Gasteiger partial charge in [-0.2, -0.15) is 0 Å². The monoisotopic (exact) mass is 498 g/mol. The van der Waals surface area contributed by atoms with Gasteiger partial charge in [-0.3, -0.25) is 19.1 Å². The quantitative estimate of drug-likeness (QED) is 0.446. The van der Waals surface area contributed by atoms with E-state index in [-0.39, 0.29) is 46.7 Å². The predicted molar refractivity (Wildman–Crippen MR) is 132 cm³/mol. The summed E-state index contributed by atoms with van der Waals surface area (Å²) in [5, 5.41) is 3.00. The Bertz CT molecular complexity index is 1290. The summed E-state index contributed by atoms with van der Waals surface area (Å²) in [5.41, 5.74) is 0.174. The maximum atomic E-state index is 13.8. The number of carbonyl (C=O) groups excluding carboxylic acids is 1. The van der Waals surface area contributed by atoms with Gasteiger partial charge in [-0.25, -0.2) is 19.3 Å². The molecule has 1 aliphatic heterocycles. The minimum Gasteiger partial charge on any atom is -0.492 e. The van der Waals surface area contributed by atoms with Crippen molar-refractivity contribution in [2.24, 2.45) is 0 Å². The summed E-state index contributed by atoms with van der Waals surface area (Å²) in [5.74, 6) is -0.234. The van der Waals surface area contributed by atoms with Crippen LogP contribution in [0.3, 0.4) is 0 Å². The Hall–Kier alpha value is -3.44. The molecule has 0 radical (unpaired) electrons. The first kappa shape index (κ1) is 25.6. The van der Waals surface area contributed by atoms with Crippen molar-refractivity contribution in [2.75, 3.05) is 39.5 Å². The molecule has 36 heavy (non-hydrogen) atoms. The van der Waals surface area contributed by atoms with Crippen molar-refractivity contribution in [3.63, 3.8) is 0 Å². The van der Waals surface area contributed by atoms with Crippen LogP contribution in [0.25, 0.3) is 22.6 Å². The lowest BCUT2D eigenvalue weighted by atomic mass is 10.2. The van der Waals surface area contributed by atoms with Crippen LogP contribution in [-0.2, 0) is 16.1 Å². The molecule has 0 bridgehead atoms. The van der Waals surface area contributed by atoms with Gasteiger partial charge in [0.1, 0.15) is 23.8 Å². The summed E-state index contributed by atoms with van der Waals surface area (Å²) >= 11 is 0. The summed E-state index contributed by atoms with van der Waals surface area (Å²) < 4.78 is 26.3. The Kier molecular flexibility index (Phi) is 8.21. The van der Waals surface area contributed by atoms with E-state index < -0.39 is 11.4 Å². The molecule has 1 N–H and O–H groups in total. The lowest BCUT2D eigenvalue weighted by Crippen LogP contribution is -2.37. The average Bonchev–Trinajstić information content (AvgIpc) is 2.85. The number of rotatable bonds is 9. The highest BCUT2D eigenvalue weighted by Gasteiger charge is 2.19. The summed E-state index contributed by atoms with van der Waals surface area (Å²) in [7, 11) is 0. The molecule has 0 spiro atoms. The van der Waals surface area contributed by atoms with Crippen molar-refractivity contribution in [2.45, 2.75) is 39.8 Å². The van der Waals surface area contributed by atoms with Crippen molar-refractivity contribution in [1.82, 2.24) is 29.7 Å². The van der Waals surface area contributed by atoms with Crippen LogP contribution in [0.5, 0.6) is 5.75 Å². The molecule has 1 fully saturated rings. The van der Waals surface area contributed by atoms with Crippen LogP contribution in [0.4, 0.5) is 4.39 Å². The fourth-order valence-electron chi connectivity index (χ4n) is 3.99. The highest BCUT2D eigenvalue weighted by Crippen LogP contribution is 2.20. The fraction of sp³-hybridized carbons (Fsp3) is 0.480. The summed E-state index contributed by atoms with van der Waals surface area (Å²) in [4.78, 5) is 41.5. The van der Waals surface area contributed by atoms with Crippen LogP contribution < -0.4 is 15.6 Å². The SMILES string of the molecule is Cc1nc(-c2nc3ncc(OCCCN4CCOCC4)cc3c(=O)n2CC(=O)NC(C)C)ccc1F. The molecule has 192 valence electrons. The van der Waals surface area contributed by atoms with Crippen LogP contribution in [0.2, 0.25) is 0 Å². The Morgan fingerprint density at radius 3 is 2.75 bits per heavy atom. The number of hydrogen-bond acceptors (Lipinski definition) is 8. The number of fused-ring (bicyclic) bond motifs is 1. The smallest absolute Gasteiger partial charge is 0.263 e. The second-order valence-electron chi connectivity index (χ2n) is 9.01. The minimum absolute atomic E-state index is 0.101. The molecule has 1 amide bonds. The van der Waals surface area contributed by atoms with Gasteiger partial charge in [-0.1, -0.05) is 0 Å². The highest BCUT2D eigenvalue weighted by atomic mass is 19.1. The number of aromatic nitrogens is 4. The molecular formula is C25H31FN6O4. The predicted octanol–water partition coefficient (Wildman–Crippen LogP) is 1.93. The third kappa shape index (κ3) is 6.21. The van der Waals surface area contributed by atoms with Crippen molar-refractivity contribution in [3.05, 3.63) is 46.3 Å². The molecule has 11 heteroatoms. The third-order valence-corrected chi connectivity index (χ3v) is 5.78. The van der Waals surface area contributed by atoms with Gasteiger partial charge in [0.25, 0.3) is 5.56 Å². The number of ether oxygens (including phenoxy) is 2. The summed E-state index contributed by atoms with van der Waals surface area (Å²) in [6, 6.07) is 4.18. The van der Waals surface area contributed by atoms with E-state index in [1.807, 2.05) is 13.8 Å². The minimum atomic E-state index is -0.473. The Labute approximate surface area is 208 Å². The van der Waals surface area contributed by atoms with E-state index >= 15 is 0 Å². The number of morpholine rings is 1. The first-order chi connectivity index (χ1) is 17.3. The first-order valence-corrected chi connectivity index (χ1v) is 12.1. The van der Waals surface area contributed by atoms with Gasteiger partial charge >= 0.3 is 0 Å². The molecule has 0 saturated carbocycles. The Morgan fingerprint density at radius 2 is 2.03 bits per heavy atom. The largest absolute Gasteiger partial charge is 0.492 e. The topological polar surface area (TPSA) is 111 Å². The molecular weight excluding hydrogens is 467 g/mol. The van der Waals surface area contributed by atoms with Crippen LogP contribution in [0, 0.1) is 12.7 Å². The number of halogens is 1. The second kappa shape index (κ2) is 11.5. The normalized spacial score (nSPS) is 14.4. The van der Waals surface area contributed by atoms with E-state index in [1.54, 1.807) is 6.07 Å². The first-order valence-electron chi connectivity index (χ1n) is 12.1. The molecule has 3 aromatic rings. The standard InChI is InChI=1S/C25H31FN6O4/c1-16(2)28-22(33)15-32-24(21-6-5-20(26)17(3)29-21)30-23-19(25(32)34)13-18(14-27-23)36-10-4-7-31-8-11-35-12-9-31/h5-6,13-14,16H,4,7-12,15H2,1-3H3,(H,28,33). The van der Waals surface area contributed by atoms with Crippen molar-refractivity contribution in [1.29, 1.82) is 0 Å². The zero-order chi connectivity index (χ0) is 25.7. The van der Waals surface area contributed by atoms with Crippen molar-refractivity contribution < 1.29 is 18.7 Å². The van der Waals surface area contributed by atoms with E-state index in [0.717, 1.165) is 39.3 Å². The van der Waals surface area contributed by atoms with E-state index in [4.69, 9.17) is 9.47 Å². The lowest BCUT2D eigenvalue weighted by molar-refractivity contribution is -0.122. The molecule has 0 atom stereocenters. The second-order valence-corrected chi connectivity index (χ2v) is 9.01. The fourth-order valence-corrected chi connectivity index (χ4v) is 3.99. The van der Waals surface area contributed by atoms with E-state index in [1.165, 1.54) is 29.8 Å². The lowest BCUT2D eigenvalue weighted by Gasteiger charge is -2.26. The molecule has 1 aliphatic rings. The van der Waals surface area contributed by atoms with Crippen LogP contribution in [0.15, 0.2) is 29.2 Å². The molecule has 0 aromatic carbocycles. The molecule has 1 saturated heterocycles. The van der Waals surface area contributed by atoms with Gasteiger partial charge in [-0.05, 0) is 45.4 Å². The molecule has 10 nitrogen and oxygen atoms in total. The summed E-state index contributed by atoms with van der Waals surface area (Å²) in [6.45, 7) is 9.62. The summed E-state index contributed by atoms with van der Waals surface area (Å²) in [6.07, 6.45) is 2.34. The average molecular weight is 499 g/mol. The van der Waals surface area contributed by atoms with Gasteiger partial charge in [0, 0.05) is 25.7 Å². The van der Waals surface area contributed by atoms with Gasteiger partial charge < -0.3 is 14.8 Å². The van der Waals surface area contributed by atoms with Crippen molar-refractivity contribution in [3.8, 4) is 17.3 Å². The number of pyridine rings is 2. The number of carbonyl (C=O) groups is 1. The number of nitrogens with zero attached hydrogens (tertiary/aromatic N) is 5. The van der Waals surface area contributed by atoms with Crippen LogP contribution in [-0.4, -0.2) is 75.8 Å². The van der Waals surface area contributed by atoms with E-state index in [9.17, 15) is 14.0 Å². The Balaban J connectivity index is 1.62. The van der Waals surface area contributed by atoms with E-state index in [0.29, 0.717) is 12.4 Å². The zero-order valence-corrected chi connectivity index (χ0v) is 20.8.